The Morgan fingerprint density at radius 1 is 1.00 bits per heavy atom. The lowest BCUT2D eigenvalue weighted by Gasteiger charge is -2.45. The molecule has 1 saturated heterocycles. The smallest absolute Gasteiger partial charge is 0.194 e. The third-order valence-electron chi connectivity index (χ3n) is 6.27. The van der Waals surface area contributed by atoms with Crippen LogP contribution in [0.2, 0.25) is 18.1 Å². The van der Waals surface area contributed by atoms with Gasteiger partial charge in [0.15, 0.2) is 19.7 Å². The van der Waals surface area contributed by atoms with Crippen molar-refractivity contribution in [3.05, 3.63) is 71.8 Å². The minimum absolute atomic E-state index is 0.0400. The molecule has 0 bridgehead atoms. The molecule has 4 heteroatoms. The lowest BCUT2D eigenvalue weighted by molar-refractivity contribution is -0.157. The molecular formula is C27H36O3Si. The molecule has 2 aromatic rings. The van der Waals surface area contributed by atoms with Crippen molar-refractivity contribution < 1.29 is 13.9 Å². The van der Waals surface area contributed by atoms with Gasteiger partial charge in [-0.05, 0) is 49.7 Å². The van der Waals surface area contributed by atoms with Gasteiger partial charge in [0.2, 0.25) is 0 Å². The predicted molar refractivity (Wildman–Crippen MR) is 129 cm³/mol. The van der Waals surface area contributed by atoms with Gasteiger partial charge in [0.05, 0.1) is 6.61 Å². The van der Waals surface area contributed by atoms with Crippen molar-refractivity contribution in [2.45, 2.75) is 76.7 Å². The molecule has 3 rings (SSSR count). The zero-order valence-corrected chi connectivity index (χ0v) is 21.0. The van der Waals surface area contributed by atoms with Gasteiger partial charge >= 0.3 is 0 Å². The molecule has 1 heterocycles. The summed E-state index contributed by atoms with van der Waals surface area (Å²) in [6.07, 6.45) is 0.359. The van der Waals surface area contributed by atoms with Gasteiger partial charge in [-0.1, -0.05) is 81.1 Å². The van der Waals surface area contributed by atoms with Gasteiger partial charge in [-0.25, -0.2) is 0 Å². The molecule has 1 fully saturated rings. The van der Waals surface area contributed by atoms with Crippen molar-refractivity contribution >= 4 is 8.32 Å². The second-order valence-electron chi connectivity index (χ2n) is 10.3. The first-order chi connectivity index (χ1) is 14.4. The van der Waals surface area contributed by atoms with Crippen LogP contribution in [0.3, 0.4) is 0 Å². The van der Waals surface area contributed by atoms with Crippen LogP contribution in [0.5, 0.6) is 0 Å². The van der Waals surface area contributed by atoms with E-state index in [0.29, 0.717) is 13.0 Å². The number of rotatable bonds is 5. The van der Waals surface area contributed by atoms with Crippen LogP contribution in [-0.2, 0) is 20.3 Å². The van der Waals surface area contributed by atoms with Gasteiger partial charge in [-0.15, -0.1) is 0 Å². The zero-order chi connectivity index (χ0) is 22.8. The lowest BCUT2D eigenvalue weighted by Crippen LogP contribution is -2.56. The van der Waals surface area contributed by atoms with Gasteiger partial charge in [-0.2, -0.15) is 0 Å². The van der Waals surface area contributed by atoms with Crippen molar-refractivity contribution in [3.63, 3.8) is 0 Å². The Morgan fingerprint density at radius 3 is 2.10 bits per heavy atom. The molecule has 0 spiro atoms. The SMILES string of the molecule is CC1(C)OC[C@H]([C@@](C#Cc2ccccc2)(Cc2ccccc2)O[Si](C)(C)C(C)(C)C)O1. The highest BCUT2D eigenvalue weighted by atomic mass is 28.4. The van der Waals surface area contributed by atoms with Crippen molar-refractivity contribution in [3.8, 4) is 11.8 Å². The number of benzene rings is 2. The van der Waals surface area contributed by atoms with Crippen LogP contribution < -0.4 is 0 Å². The predicted octanol–water partition coefficient (Wildman–Crippen LogP) is 6.19. The fourth-order valence-electron chi connectivity index (χ4n) is 3.49. The summed E-state index contributed by atoms with van der Waals surface area (Å²) in [6, 6.07) is 20.5. The van der Waals surface area contributed by atoms with E-state index in [1.807, 2.05) is 50.2 Å². The zero-order valence-electron chi connectivity index (χ0n) is 20.0. The number of ether oxygens (including phenoxy) is 2. The summed E-state index contributed by atoms with van der Waals surface area (Å²) in [4.78, 5) is 0. The van der Waals surface area contributed by atoms with E-state index in [1.165, 1.54) is 5.56 Å². The number of hydrogen-bond acceptors (Lipinski definition) is 3. The Morgan fingerprint density at radius 2 is 1.58 bits per heavy atom. The molecule has 1 aliphatic heterocycles. The Balaban J connectivity index is 2.13. The highest BCUT2D eigenvalue weighted by Gasteiger charge is 2.52. The summed E-state index contributed by atoms with van der Waals surface area (Å²) in [6.45, 7) is 15.7. The Hall–Kier alpha value is -1.90. The molecule has 0 saturated carbocycles. The van der Waals surface area contributed by atoms with Crippen LogP contribution in [0.4, 0.5) is 0 Å². The van der Waals surface area contributed by atoms with Gasteiger partial charge in [0.25, 0.3) is 0 Å². The van der Waals surface area contributed by atoms with Gasteiger partial charge < -0.3 is 13.9 Å². The van der Waals surface area contributed by atoms with Crippen molar-refractivity contribution in [1.82, 2.24) is 0 Å². The van der Waals surface area contributed by atoms with Gasteiger partial charge in [0, 0.05) is 12.0 Å². The summed E-state index contributed by atoms with van der Waals surface area (Å²) in [5, 5.41) is 0.0400. The Labute approximate surface area is 189 Å². The maximum absolute atomic E-state index is 7.15. The first-order valence-electron chi connectivity index (χ1n) is 11.1. The van der Waals surface area contributed by atoms with Crippen LogP contribution >= 0.6 is 0 Å². The fourth-order valence-corrected chi connectivity index (χ4v) is 4.96. The molecule has 2 aromatic carbocycles. The maximum atomic E-state index is 7.15. The van der Waals surface area contributed by atoms with E-state index >= 15 is 0 Å². The quantitative estimate of drug-likeness (QED) is 0.413. The highest BCUT2D eigenvalue weighted by molar-refractivity contribution is 6.74. The minimum atomic E-state index is -2.18. The van der Waals surface area contributed by atoms with Gasteiger partial charge in [-0.3, -0.25) is 0 Å². The fraction of sp³-hybridized carbons (Fsp3) is 0.481. The van der Waals surface area contributed by atoms with Crippen LogP contribution in [0, 0.1) is 11.8 Å². The van der Waals surface area contributed by atoms with Crippen molar-refractivity contribution in [2.75, 3.05) is 6.61 Å². The first kappa shape index (κ1) is 23.8. The molecule has 1 aliphatic rings. The van der Waals surface area contributed by atoms with Crippen LogP contribution in [-0.4, -0.2) is 32.4 Å². The van der Waals surface area contributed by atoms with E-state index in [-0.39, 0.29) is 11.1 Å². The molecule has 3 nitrogen and oxygen atoms in total. The highest BCUT2D eigenvalue weighted by Crippen LogP contribution is 2.43. The summed E-state index contributed by atoms with van der Waals surface area (Å²) >= 11 is 0. The average molecular weight is 437 g/mol. The molecule has 31 heavy (non-hydrogen) atoms. The maximum Gasteiger partial charge on any atom is 0.194 e. The number of hydrogen-bond donors (Lipinski definition) is 0. The van der Waals surface area contributed by atoms with Gasteiger partial charge in [0.1, 0.15) is 6.10 Å². The molecule has 0 amide bonds. The van der Waals surface area contributed by atoms with Crippen LogP contribution in [0.1, 0.15) is 45.7 Å². The average Bonchev–Trinajstić information content (AvgIpc) is 3.07. The summed E-state index contributed by atoms with van der Waals surface area (Å²) in [5.74, 6) is 6.30. The van der Waals surface area contributed by atoms with E-state index in [1.54, 1.807) is 0 Å². The second-order valence-corrected chi connectivity index (χ2v) is 15.1. The second kappa shape index (κ2) is 8.92. The van der Waals surface area contributed by atoms with Crippen molar-refractivity contribution in [1.29, 1.82) is 0 Å². The van der Waals surface area contributed by atoms with E-state index in [9.17, 15) is 0 Å². The molecule has 166 valence electrons. The van der Waals surface area contributed by atoms with E-state index in [2.05, 4.69) is 70.0 Å². The molecule has 0 aliphatic carbocycles. The molecule has 0 N–H and O–H groups in total. The van der Waals surface area contributed by atoms with E-state index < -0.39 is 19.7 Å². The van der Waals surface area contributed by atoms with E-state index in [0.717, 1.165) is 5.56 Å². The van der Waals surface area contributed by atoms with E-state index in [4.69, 9.17) is 13.9 Å². The Bertz CT molecular complexity index is 920. The third-order valence-corrected chi connectivity index (χ3v) is 10.8. The molecule has 2 atom stereocenters. The molecule has 0 unspecified atom stereocenters. The van der Waals surface area contributed by atoms with Crippen LogP contribution in [0.15, 0.2) is 60.7 Å². The summed E-state index contributed by atoms with van der Waals surface area (Å²) < 4.78 is 19.6. The normalized spacial score (nSPS) is 20.5. The summed E-state index contributed by atoms with van der Waals surface area (Å²) in [7, 11) is -2.18. The summed E-state index contributed by atoms with van der Waals surface area (Å²) in [5.41, 5.74) is 1.34. The monoisotopic (exact) mass is 436 g/mol. The standard InChI is InChI=1S/C27H36O3Si/c1-25(2,3)31(6,7)30-27(20-23-16-12-9-13-17-23,24-21-28-26(4,5)29-24)19-18-22-14-10-8-11-15-22/h8-17,24H,20-21H2,1-7H3/t24-,27-/m1/s1. The minimum Gasteiger partial charge on any atom is -0.398 e. The Kier molecular flexibility index (Phi) is 6.83. The molecular weight excluding hydrogens is 400 g/mol. The lowest BCUT2D eigenvalue weighted by atomic mass is 9.89. The molecule has 0 aromatic heterocycles. The first-order valence-corrected chi connectivity index (χ1v) is 14.0. The third kappa shape index (κ3) is 5.87. The molecule has 0 radical (unpaired) electrons. The topological polar surface area (TPSA) is 27.7 Å². The van der Waals surface area contributed by atoms with Crippen molar-refractivity contribution in [2.24, 2.45) is 0 Å². The largest absolute Gasteiger partial charge is 0.398 e. The van der Waals surface area contributed by atoms with Crippen LogP contribution in [0.25, 0.3) is 0 Å².